The smallest absolute Gasteiger partial charge is 0.127 e. The summed E-state index contributed by atoms with van der Waals surface area (Å²) in [7, 11) is 1.71. The Morgan fingerprint density at radius 3 is 2.63 bits per heavy atom. The SMILES string of the molecule is CCCC(OC)C(Cc1ccc(Cl)cc1F)NCC. The van der Waals surface area contributed by atoms with Gasteiger partial charge in [0.2, 0.25) is 0 Å². The number of hydrogen-bond donors (Lipinski definition) is 1. The molecule has 2 nitrogen and oxygen atoms in total. The summed E-state index contributed by atoms with van der Waals surface area (Å²) in [6.07, 6.45) is 2.71. The summed E-state index contributed by atoms with van der Waals surface area (Å²) in [6, 6.07) is 4.96. The average Bonchev–Trinajstić information content (AvgIpc) is 2.38. The molecule has 0 radical (unpaired) electrons. The summed E-state index contributed by atoms with van der Waals surface area (Å²) in [5.74, 6) is -0.248. The van der Waals surface area contributed by atoms with E-state index in [0.29, 0.717) is 17.0 Å². The van der Waals surface area contributed by atoms with Gasteiger partial charge < -0.3 is 10.1 Å². The lowest BCUT2D eigenvalue weighted by Gasteiger charge is -2.27. The molecular weight excluding hydrogens is 265 g/mol. The van der Waals surface area contributed by atoms with Crippen LogP contribution in [0.3, 0.4) is 0 Å². The minimum absolute atomic E-state index is 0.0972. The molecule has 108 valence electrons. The standard InChI is InChI=1S/C15H23ClFNO/c1-4-6-15(19-3)14(18-5-2)9-11-7-8-12(16)10-13(11)17/h7-8,10,14-15,18H,4-6,9H2,1-3H3. The fraction of sp³-hybridized carbons (Fsp3) is 0.600. The van der Waals surface area contributed by atoms with Crippen LogP contribution in [0.25, 0.3) is 0 Å². The minimum Gasteiger partial charge on any atom is -0.380 e. The largest absolute Gasteiger partial charge is 0.380 e. The predicted molar refractivity (Wildman–Crippen MR) is 78.3 cm³/mol. The van der Waals surface area contributed by atoms with E-state index in [1.165, 1.54) is 6.07 Å². The lowest BCUT2D eigenvalue weighted by Crippen LogP contribution is -2.42. The lowest BCUT2D eigenvalue weighted by atomic mass is 9.98. The van der Waals surface area contributed by atoms with Crippen molar-refractivity contribution in [2.75, 3.05) is 13.7 Å². The van der Waals surface area contributed by atoms with Crippen molar-refractivity contribution in [3.8, 4) is 0 Å². The number of benzene rings is 1. The second-order valence-electron chi connectivity index (χ2n) is 4.67. The van der Waals surface area contributed by atoms with Gasteiger partial charge in [-0.1, -0.05) is 37.9 Å². The average molecular weight is 288 g/mol. The van der Waals surface area contributed by atoms with Crippen LogP contribution in [0.1, 0.15) is 32.3 Å². The molecule has 2 unspecified atom stereocenters. The third-order valence-electron chi connectivity index (χ3n) is 3.25. The maximum atomic E-state index is 13.9. The molecule has 0 fully saturated rings. The van der Waals surface area contributed by atoms with E-state index in [-0.39, 0.29) is 18.0 Å². The molecule has 0 saturated carbocycles. The van der Waals surface area contributed by atoms with Crippen LogP contribution in [0.4, 0.5) is 4.39 Å². The molecule has 1 aromatic carbocycles. The summed E-state index contributed by atoms with van der Waals surface area (Å²) in [5, 5.41) is 3.81. The first-order valence-electron chi connectivity index (χ1n) is 6.82. The van der Waals surface area contributed by atoms with E-state index in [4.69, 9.17) is 16.3 Å². The van der Waals surface area contributed by atoms with E-state index in [1.807, 2.05) is 6.92 Å². The molecular formula is C15H23ClFNO. The molecule has 0 amide bonds. The van der Waals surface area contributed by atoms with Gasteiger partial charge in [0.25, 0.3) is 0 Å². The molecule has 0 aliphatic heterocycles. The zero-order valence-electron chi connectivity index (χ0n) is 11.9. The topological polar surface area (TPSA) is 21.3 Å². The van der Waals surface area contributed by atoms with Crippen LogP contribution in [0.2, 0.25) is 5.02 Å². The third kappa shape index (κ3) is 5.09. The summed E-state index contributed by atoms with van der Waals surface area (Å²) >= 11 is 5.77. The van der Waals surface area contributed by atoms with Gasteiger partial charge in [-0.3, -0.25) is 0 Å². The zero-order chi connectivity index (χ0) is 14.3. The monoisotopic (exact) mass is 287 g/mol. The van der Waals surface area contributed by atoms with Crippen LogP contribution >= 0.6 is 11.6 Å². The molecule has 1 aromatic rings. The highest BCUT2D eigenvalue weighted by atomic mass is 35.5. The molecule has 0 heterocycles. The van der Waals surface area contributed by atoms with Crippen molar-refractivity contribution in [1.82, 2.24) is 5.32 Å². The van der Waals surface area contributed by atoms with Crippen LogP contribution in [-0.4, -0.2) is 25.8 Å². The van der Waals surface area contributed by atoms with Gasteiger partial charge in [0, 0.05) is 18.2 Å². The molecule has 1 N–H and O–H groups in total. The molecule has 0 bridgehead atoms. The van der Waals surface area contributed by atoms with E-state index in [0.717, 1.165) is 19.4 Å². The Labute approximate surface area is 120 Å². The van der Waals surface area contributed by atoms with Crippen LogP contribution in [0.5, 0.6) is 0 Å². The van der Waals surface area contributed by atoms with Gasteiger partial charge in [-0.05, 0) is 37.1 Å². The van der Waals surface area contributed by atoms with Gasteiger partial charge in [-0.15, -0.1) is 0 Å². The number of ether oxygens (including phenoxy) is 1. The molecule has 0 aliphatic rings. The van der Waals surface area contributed by atoms with Crippen LogP contribution < -0.4 is 5.32 Å². The van der Waals surface area contributed by atoms with Gasteiger partial charge in [0.05, 0.1) is 6.10 Å². The molecule has 19 heavy (non-hydrogen) atoms. The summed E-state index contributed by atoms with van der Waals surface area (Å²) < 4.78 is 19.4. The summed E-state index contributed by atoms with van der Waals surface area (Å²) in [4.78, 5) is 0. The molecule has 1 rings (SSSR count). The van der Waals surface area contributed by atoms with Crippen LogP contribution in [-0.2, 0) is 11.2 Å². The van der Waals surface area contributed by atoms with Crippen LogP contribution in [0, 0.1) is 5.82 Å². The summed E-state index contributed by atoms with van der Waals surface area (Å²) in [6.45, 7) is 5.01. The van der Waals surface area contributed by atoms with E-state index in [1.54, 1.807) is 19.2 Å². The first-order valence-corrected chi connectivity index (χ1v) is 7.20. The van der Waals surface area contributed by atoms with Gasteiger partial charge in [0.15, 0.2) is 0 Å². The highest BCUT2D eigenvalue weighted by Crippen LogP contribution is 2.18. The van der Waals surface area contributed by atoms with E-state index in [9.17, 15) is 4.39 Å². The first kappa shape index (κ1) is 16.4. The van der Waals surface area contributed by atoms with Crippen molar-refractivity contribution in [2.45, 2.75) is 45.3 Å². The molecule has 0 saturated heterocycles. The molecule has 4 heteroatoms. The fourth-order valence-corrected chi connectivity index (χ4v) is 2.45. The minimum atomic E-state index is -0.248. The lowest BCUT2D eigenvalue weighted by molar-refractivity contribution is 0.0611. The number of methoxy groups -OCH3 is 1. The number of rotatable bonds is 8. The van der Waals surface area contributed by atoms with Crippen molar-refractivity contribution >= 4 is 11.6 Å². The van der Waals surface area contributed by atoms with Crippen LogP contribution in [0.15, 0.2) is 18.2 Å². The van der Waals surface area contributed by atoms with Crippen molar-refractivity contribution in [2.24, 2.45) is 0 Å². The van der Waals surface area contributed by atoms with Gasteiger partial charge >= 0.3 is 0 Å². The maximum Gasteiger partial charge on any atom is 0.127 e. The molecule has 0 aliphatic carbocycles. The van der Waals surface area contributed by atoms with Crippen molar-refractivity contribution in [1.29, 1.82) is 0 Å². The first-order chi connectivity index (χ1) is 9.12. The van der Waals surface area contributed by atoms with Gasteiger partial charge in [-0.25, -0.2) is 4.39 Å². The number of hydrogen-bond acceptors (Lipinski definition) is 2. The van der Waals surface area contributed by atoms with E-state index < -0.39 is 0 Å². The fourth-order valence-electron chi connectivity index (χ4n) is 2.29. The van der Waals surface area contributed by atoms with E-state index in [2.05, 4.69) is 12.2 Å². The molecule has 2 atom stereocenters. The highest BCUT2D eigenvalue weighted by Gasteiger charge is 2.21. The normalized spacial score (nSPS) is 14.4. The Morgan fingerprint density at radius 1 is 1.37 bits per heavy atom. The van der Waals surface area contributed by atoms with E-state index >= 15 is 0 Å². The quantitative estimate of drug-likeness (QED) is 0.785. The Balaban J connectivity index is 2.81. The number of likely N-dealkylation sites (N-methyl/N-ethyl adjacent to an activating group) is 1. The van der Waals surface area contributed by atoms with Crippen molar-refractivity contribution in [3.05, 3.63) is 34.6 Å². The second kappa shape index (κ2) is 8.51. The molecule has 0 aromatic heterocycles. The second-order valence-corrected chi connectivity index (χ2v) is 5.10. The Hall–Kier alpha value is -0.640. The molecule has 0 spiro atoms. The Kier molecular flexibility index (Phi) is 7.36. The predicted octanol–water partition coefficient (Wildman–Crippen LogP) is 3.81. The van der Waals surface area contributed by atoms with Gasteiger partial charge in [-0.2, -0.15) is 0 Å². The number of nitrogens with one attached hydrogen (secondary N) is 1. The summed E-state index contributed by atoms with van der Waals surface area (Å²) in [5.41, 5.74) is 0.675. The number of halogens is 2. The third-order valence-corrected chi connectivity index (χ3v) is 3.48. The van der Waals surface area contributed by atoms with Gasteiger partial charge in [0.1, 0.15) is 5.82 Å². The maximum absolute atomic E-state index is 13.9. The zero-order valence-corrected chi connectivity index (χ0v) is 12.6. The Morgan fingerprint density at radius 2 is 2.11 bits per heavy atom. The Bertz CT molecular complexity index is 386. The highest BCUT2D eigenvalue weighted by molar-refractivity contribution is 6.30. The van der Waals surface area contributed by atoms with Crippen molar-refractivity contribution < 1.29 is 9.13 Å². The van der Waals surface area contributed by atoms with Crippen molar-refractivity contribution in [3.63, 3.8) is 0 Å².